The topological polar surface area (TPSA) is 119 Å². The zero-order valence-electron chi connectivity index (χ0n) is 31.8. The van der Waals surface area contributed by atoms with E-state index in [0.717, 1.165) is 46.1 Å². The van der Waals surface area contributed by atoms with Gasteiger partial charge in [-0.25, -0.2) is 15.0 Å². The first-order valence-corrected chi connectivity index (χ1v) is 18.7. The third kappa shape index (κ3) is 9.28. The predicted molar refractivity (Wildman–Crippen MR) is 216 cm³/mol. The Morgan fingerprint density at radius 3 is 1.61 bits per heavy atom. The molecule has 7 aromatic rings. The summed E-state index contributed by atoms with van der Waals surface area (Å²) in [7, 11) is 0. The Morgan fingerprint density at radius 1 is 0.537 bits per heavy atom. The molecule has 0 saturated heterocycles. The van der Waals surface area contributed by atoms with E-state index in [0.29, 0.717) is 41.1 Å². The molecule has 276 valence electrons. The first kappa shape index (κ1) is 37.7. The molecular formula is C45H48N6O3. The summed E-state index contributed by atoms with van der Waals surface area (Å²) in [6.45, 7) is 11.1. The SMILES string of the molecule is CCCCCCCCOc1ccc(-c2nc(-c3ccc(C)cc3C)nc(-c3ccc(C)cc3C)n2)c(O)c1.Oc1ccccc1-n1nc2ccccc2n1. The Balaban J connectivity index is 0.000000256. The summed E-state index contributed by atoms with van der Waals surface area (Å²) in [5.41, 5.74) is 9.21. The molecular weight excluding hydrogens is 673 g/mol. The third-order valence-corrected chi connectivity index (χ3v) is 9.24. The summed E-state index contributed by atoms with van der Waals surface area (Å²) < 4.78 is 5.91. The summed E-state index contributed by atoms with van der Waals surface area (Å²) in [6.07, 6.45) is 7.25. The van der Waals surface area contributed by atoms with Crippen LogP contribution >= 0.6 is 0 Å². The highest BCUT2D eigenvalue weighted by Gasteiger charge is 2.17. The number of aryl methyl sites for hydroxylation is 4. The fourth-order valence-corrected chi connectivity index (χ4v) is 6.33. The largest absolute Gasteiger partial charge is 0.507 e. The maximum Gasteiger partial charge on any atom is 0.167 e. The van der Waals surface area contributed by atoms with Gasteiger partial charge in [-0.3, -0.25) is 0 Å². The molecule has 0 aliphatic rings. The molecule has 0 aliphatic heterocycles. The van der Waals surface area contributed by atoms with Gasteiger partial charge in [0.25, 0.3) is 0 Å². The van der Waals surface area contributed by atoms with E-state index in [1.54, 1.807) is 24.3 Å². The number of benzene rings is 5. The quantitative estimate of drug-likeness (QED) is 0.120. The maximum atomic E-state index is 11.0. The molecule has 0 amide bonds. The minimum Gasteiger partial charge on any atom is -0.507 e. The summed E-state index contributed by atoms with van der Waals surface area (Å²) in [4.78, 5) is 16.0. The highest BCUT2D eigenvalue weighted by atomic mass is 16.5. The van der Waals surface area contributed by atoms with Gasteiger partial charge in [-0.05, 0) is 81.6 Å². The van der Waals surface area contributed by atoms with Crippen LogP contribution in [-0.4, -0.2) is 46.8 Å². The Hall–Kier alpha value is -6.09. The van der Waals surface area contributed by atoms with Crippen molar-refractivity contribution in [2.45, 2.75) is 73.1 Å². The van der Waals surface area contributed by atoms with Crippen LogP contribution in [0.15, 0.2) is 103 Å². The smallest absolute Gasteiger partial charge is 0.167 e. The lowest BCUT2D eigenvalue weighted by atomic mass is 10.0. The van der Waals surface area contributed by atoms with Crippen LogP contribution in [0.3, 0.4) is 0 Å². The average molecular weight is 721 g/mol. The summed E-state index contributed by atoms with van der Waals surface area (Å²) >= 11 is 0. The Bertz CT molecular complexity index is 2250. The number of fused-ring (bicyclic) bond motifs is 1. The van der Waals surface area contributed by atoms with Crippen LogP contribution in [-0.2, 0) is 0 Å². The fraction of sp³-hybridized carbons (Fsp3) is 0.267. The molecule has 2 N–H and O–H groups in total. The average Bonchev–Trinajstić information content (AvgIpc) is 3.59. The minimum atomic E-state index is 0.0924. The number of phenols is 2. The summed E-state index contributed by atoms with van der Waals surface area (Å²) in [5, 5.41) is 29.2. The van der Waals surface area contributed by atoms with Crippen LogP contribution in [0.2, 0.25) is 0 Å². The lowest BCUT2D eigenvalue weighted by Crippen LogP contribution is -2.02. The molecule has 2 aromatic heterocycles. The van der Waals surface area contributed by atoms with Gasteiger partial charge in [0, 0.05) is 17.2 Å². The molecule has 0 radical (unpaired) electrons. The molecule has 0 fully saturated rings. The Labute approximate surface area is 317 Å². The van der Waals surface area contributed by atoms with Crippen molar-refractivity contribution in [1.82, 2.24) is 29.9 Å². The zero-order valence-corrected chi connectivity index (χ0v) is 31.8. The van der Waals surface area contributed by atoms with E-state index in [1.165, 1.54) is 41.6 Å². The second-order valence-electron chi connectivity index (χ2n) is 13.7. The van der Waals surface area contributed by atoms with Crippen molar-refractivity contribution in [1.29, 1.82) is 0 Å². The number of rotatable bonds is 12. The van der Waals surface area contributed by atoms with Crippen molar-refractivity contribution >= 4 is 11.0 Å². The van der Waals surface area contributed by atoms with E-state index in [2.05, 4.69) is 81.2 Å². The van der Waals surface area contributed by atoms with E-state index >= 15 is 0 Å². The number of hydrogen-bond acceptors (Lipinski definition) is 8. The first-order valence-electron chi connectivity index (χ1n) is 18.7. The molecule has 0 atom stereocenters. The number of ether oxygens (including phenoxy) is 1. The van der Waals surface area contributed by atoms with Crippen LogP contribution in [0.25, 0.3) is 50.9 Å². The lowest BCUT2D eigenvalue weighted by molar-refractivity contribution is 0.303. The molecule has 0 unspecified atom stereocenters. The standard InChI is InChI=1S/C33H39N3O2.C12H9N3O/c1-6-7-8-9-10-11-18-38-26-14-17-29(30(37)21-26)33-35-31(27-15-12-22(2)19-24(27)4)34-32(36-33)28-16-13-23(3)20-25(28)5;16-12-8-4-3-7-11(12)15-13-9-5-1-2-6-10(9)14-15/h12-17,19-21,37H,6-11,18H2,1-5H3;1-8,16H. The van der Waals surface area contributed by atoms with Crippen molar-refractivity contribution < 1.29 is 14.9 Å². The van der Waals surface area contributed by atoms with Crippen LogP contribution in [0.1, 0.15) is 67.7 Å². The monoisotopic (exact) mass is 720 g/mol. The second kappa shape index (κ2) is 17.6. The van der Waals surface area contributed by atoms with Crippen molar-refractivity contribution in [3.05, 3.63) is 125 Å². The first-order chi connectivity index (χ1) is 26.2. The van der Waals surface area contributed by atoms with Crippen molar-refractivity contribution in [2.24, 2.45) is 0 Å². The summed E-state index contributed by atoms with van der Waals surface area (Å²) in [5.74, 6) is 2.52. The van der Waals surface area contributed by atoms with Gasteiger partial charge in [-0.15, -0.1) is 15.0 Å². The molecule has 54 heavy (non-hydrogen) atoms. The second-order valence-corrected chi connectivity index (χ2v) is 13.7. The zero-order chi connectivity index (χ0) is 38.0. The molecule has 5 aromatic carbocycles. The highest BCUT2D eigenvalue weighted by molar-refractivity contribution is 5.74. The van der Waals surface area contributed by atoms with Crippen LogP contribution < -0.4 is 4.74 Å². The summed E-state index contributed by atoms with van der Waals surface area (Å²) in [6, 6.07) is 32.4. The van der Waals surface area contributed by atoms with Gasteiger partial charge >= 0.3 is 0 Å². The van der Waals surface area contributed by atoms with Crippen molar-refractivity contribution in [3.63, 3.8) is 0 Å². The number of unbranched alkanes of at least 4 members (excludes halogenated alkanes) is 5. The van der Waals surface area contributed by atoms with Crippen LogP contribution in [0.4, 0.5) is 0 Å². The van der Waals surface area contributed by atoms with Crippen molar-refractivity contribution in [2.75, 3.05) is 6.61 Å². The molecule has 0 bridgehead atoms. The minimum absolute atomic E-state index is 0.0924. The number of aromatic nitrogens is 6. The number of nitrogens with zero attached hydrogens (tertiary/aromatic N) is 6. The van der Waals surface area contributed by atoms with E-state index in [1.807, 2.05) is 42.5 Å². The van der Waals surface area contributed by atoms with Gasteiger partial charge in [-0.1, -0.05) is 111 Å². The van der Waals surface area contributed by atoms with E-state index < -0.39 is 0 Å². The number of hydrogen-bond donors (Lipinski definition) is 2. The van der Waals surface area contributed by atoms with Gasteiger partial charge in [-0.2, -0.15) is 0 Å². The van der Waals surface area contributed by atoms with Crippen molar-refractivity contribution in [3.8, 4) is 57.1 Å². The van der Waals surface area contributed by atoms with E-state index in [9.17, 15) is 10.2 Å². The molecule has 0 aliphatic carbocycles. The molecule has 9 heteroatoms. The van der Waals surface area contributed by atoms with Crippen LogP contribution in [0.5, 0.6) is 17.2 Å². The normalized spacial score (nSPS) is 11.0. The maximum absolute atomic E-state index is 11.0. The van der Waals surface area contributed by atoms with Gasteiger partial charge in [0.05, 0.1) is 12.2 Å². The highest BCUT2D eigenvalue weighted by Crippen LogP contribution is 2.34. The molecule has 7 rings (SSSR count). The van der Waals surface area contributed by atoms with Gasteiger partial charge < -0.3 is 14.9 Å². The number of phenolic OH excluding ortho intramolecular Hbond substituents is 2. The van der Waals surface area contributed by atoms with E-state index in [4.69, 9.17) is 19.7 Å². The van der Waals surface area contributed by atoms with E-state index in [-0.39, 0.29) is 11.5 Å². The molecule has 0 spiro atoms. The Morgan fingerprint density at radius 2 is 1.06 bits per heavy atom. The number of aromatic hydroxyl groups is 2. The van der Waals surface area contributed by atoms with Gasteiger partial charge in [0.1, 0.15) is 34.0 Å². The van der Waals surface area contributed by atoms with Crippen LogP contribution in [0, 0.1) is 27.7 Å². The predicted octanol–water partition coefficient (Wildman–Crippen LogP) is 10.7. The molecule has 2 heterocycles. The fourth-order valence-electron chi connectivity index (χ4n) is 6.33. The molecule has 9 nitrogen and oxygen atoms in total. The molecule has 0 saturated carbocycles. The third-order valence-electron chi connectivity index (χ3n) is 9.24. The van der Waals surface area contributed by atoms with Gasteiger partial charge in [0.2, 0.25) is 0 Å². The Kier molecular flexibility index (Phi) is 12.3. The lowest BCUT2D eigenvalue weighted by Gasteiger charge is -2.13. The van der Waals surface area contributed by atoms with Gasteiger partial charge in [0.15, 0.2) is 17.5 Å². The number of para-hydroxylation sites is 2.